The van der Waals surface area contributed by atoms with E-state index in [0.29, 0.717) is 49.2 Å². The summed E-state index contributed by atoms with van der Waals surface area (Å²) < 4.78 is 15.4. The molecule has 8 rings (SSSR count). The largest absolute Gasteiger partial charge is 0.355 e. The summed E-state index contributed by atoms with van der Waals surface area (Å²) in [5.74, 6) is 0.823. The van der Waals surface area contributed by atoms with Gasteiger partial charge in [0.05, 0.1) is 12.2 Å². The normalized spacial score (nSPS) is 21.0. The smallest absolute Gasteiger partial charge is 0.234 e. The molecule has 7 heterocycles. The first-order chi connectivity index (χ1) is 17.1. The van der Waals surface area contributed by atoms with Crippen molar-refractivity contribution < 1.29 is 9.18 Å². The van der Waals surface area contributed by atoms with E-state index >= 15 is 4.39 Å². The average molecular weight is 477 g/mol. The molecule has 1 aromatic carbocycles. The van der Waals surface area contributed by atoms with E-state index in [-0.39, 0.29) is 11.7 Å². The molecule has 3 aromatic rings. The zero-order valence-corrected chi connectivity index (χ0v) is 19.5. The number of halogens is 1. The zero-order chi connectivity index (χ0) is 24.0. The number of carbonyl (C=O) groups is 1. The molecule has 0 unspecified atom stereocenters. The van der Waals surface area contributed by atoms with Crippen molar-refractivity contribution in [2.24, 2.45) is 0 Å². The summed E-state index contributed by atoms with van der Waals surface area (Å²) in [6, 6.07) is 9.11. The molecule has 2 aromatic heterocycles. The highest BCUT2D eigenvalue weighted by Gasteiger charge is 2.20. The third kappa shape index (κ3) is 5.90. The van der Waals surface area contributed by atoms with Gasteiger partial charge in [0.2, 0.25) is 11.9 Å². The van der Waals surface area contributed by atoms with Gasteiger partial charge in [-0.3, -0.25) is 14.6 Å². The molecule has 10 heteroatoms. The lowest BCUT2D eigenvalue weighted by Crippen LogP contribution is -2.49. The molecule has 5 aliphatic rings. The maximum atomic E-state index is 15.4. The van der Waals surface area contributed by atoms with Crippen LogP contribution in [0.3, 0.4) is 0 Å². The van der Waals surface area contributed by atoms with Crippen LogP contribution in [0.25, 0.3) is 11.1 Å². The van der Waals surface area contributed by atoms with Crippen LogP contribution in [0.2, 0.25) is 0 Å². The van der Waals surface area contributed by atoms with Gasteiger partial charge in [-0.15, -0.1) is 0 Å². The van der Waals surface area contributed by atoms with E-state index in [0.717, 1.165) is 43.7 Å². The average Bonchev–Trinajstić information content (AvgIpc) is 2.87. The minimum absolute atomic E-state index is 0.0256. The number of piperazine rings is 1. The first kappa shape index (κ1) is 23.1. The summed E-state index contributed by atoms with van der Waals surface area (Å²) >= 11 is 0. The highest BCUT2D eigenvalue weighted by molar-refractivity contribution is 5.78. The molecule has 8 bridgehead atoms. The molecule has 35 heavy (non-hydrogen) atoms. The number of anilines is 3. The molecular weight excluding hydrogens is 447 g/mol. The van der Waals surface area contributed by atoms with E-state index in [4.69, 9.17) is 0 Å². The van der Waals surface area contributed by atoms with E-state index in [2.05, 4.69) is 40.7 Å². The van der Waals surface area contributed by atoms with E-state index < -0.39 is 0 Å². The van der Waals surface area contributed by atoms with Crippen LogP contribution >= 0.6 is 0 Å². The predicted octanol–water partition coefficient (Wildman–Crippen LogP) is 2.47. The molecule has 0 spiro atoms. The van der Waals surface area contributed by atoms with Crippen LogP contribution in [0, 0.1) is 5.82 Å². The summed E-state index contributed by atoms with van der Waals surface area (Å²) in [5.41, 5.74) is 2.73. The number of rotatable bonds is 0. The summed E-state index contributed by atoms with van der Waals surface area (Å²) in [5, 5.41) is 9.29. The van der Waals surface area contributed by atoms with Crippen molar-refractivity contribution in [3.8, 4) is 11.1 Å². The molecule has 9 nitrogen and oxygen atoms in total. The first-order valence-corrected chi connectivity index (χ1v) is 11.9. The Morgan fingerprint density at radius 2 is 1.60 bits per heavy atom. The van der Waals surface area contributed by atoms with Crippen molar-refractivity contribution in [2.75, 3.05) is 56.4 Å². The van der Waals surface area contributed by atoms with E-state index in [9.17, 15) is 4.79 Å². The Kier molecular flexibility index (Phi) is 7.10. The van der Waals surface area contributed by atoms with Gasteiger partial charge in [-0.1, -0.05) is 12.1 Å². The van der Waals surface area contributed by atoms with Crippen molar-refractivity contribution in [3.63, 3.8) is 0 Å². The third-order valence-corrected chi connectivity index (χ3v) is 6.27. The summed E-state index contributed by atoms with van der Waals surface area (Å²) in [4.78, 5) is 29.8. The quantitative estimate of drug-likeness (QED) is 0.455. The summed E-state index contributed by atoms with van der Waals surface area (Å²) in [6.07, 6.45) is 5.94. The van der Waals surface area contributed by atoms with Gasteiger partial charge in [0.1, 0.15) is 5.82 Å². The monoisotopic (exact) mass is 476 g/mol. The van der Waals surface area contributed by atoms with E-state index in [1.165, 1.54) is 0 Å². The molecule has 1 amide bonds. The predicted molar refractivity (Wildman–Crippen MR) is 133 cm³/mol. The molecular formula is C25H29FN8O. The third-order valence-electron chi connectivity index (χ3n) is 6.27. The number of nitrogens with one attached hydrogen (secondary N) is 3. The number of nitrogens with zero attached hydrogens (tertiary/aromatic N) is 5. The van der Waals surface area contributed by atoms with Gasteiger partial charge in [0.15, 0.2) is 5.82 Å². The molecule has 5 aliphatic heterocycles. The molecule has 3 N–H and O–H groups in total. The van der Waals surface area contributed by atoms with Crippen LogP contribution < -0.4 is 16.0 Å². The van der Waals surface area contributed by atoms with Gasteiger partial charge in [0.25, 0.3) is 0 Å². The molecule has 182 valence electrons. The zero-order valence-electron chi connectivity index (χ0n) is 19.5. The Morgan fingerprint density at radius 1 is 0.857 bits per heavy atom. The second-order valence-electron chi connectivity index (χ2n) is 8.81. The Morgan fingerprint density at radius 3 is 2.40 bits per heavy atom. The number of hydrogen-bond donors (Lipinski definition) is 3. The molecule has 1 saturated heterocycles. The highest BCUT2D eigenvalue weighted by atomic mass is 19.1. The van der Waals surface area contributed by atoms with Crippen LogP contribution in [0.4, 0.5) is 21.8 Å². The summed E-state index contributed by atoms with van der Waals surface area (Å²) in [7, 11) is 0. The molecule has 1 fully saturated rings. The number of aromatic nitrogens is 3. The first-order valence-electron chi connectivity index (χ1n) is 11.9. The Balaban J connectivity index is 1.39. The van der Waals surface area contributed by atoms with Crippen molar-refractivity contribution in [1.29, 1.82) is 0 Å². The highest BCUT2D eigenvalue weighted by Crippen LogP contribution is 2.26. The van der Waals surface area contributed by atoms with Crippen molar-refractivity contribution in [1.82, 2.24) is 30.1 Å². The van der Waals surface area contributed by atoms with Gasteiger partial charge in [-0.05, 0) is 30.2 Å². The van der Waals surface area contributed by atoms with Crippen molar-refractivity contribution >= 4 is 23.4 Å². The lowest BCUT2D eigenvalue weighted by atomic mass is 10.1. The molecule has 0 radical (unpaired) electrons. The van der Waals surface area contributed by atoms with Crippen LogP contribution in [-0.4, -0.2) is 76.5 Å². The van der Waals surface area contributed by atoms with Crippen LogP contribution in [0.1, 0.15) is 12.0 Å². The van der Waals surface area contributed by atoms with Crippen molar-refractivity contribution in [2.45, 2.75) is 13.0 Å². The molecule has 0 aliphatic carbocycles. The number of benzene rings is 1. The maximum Gasteiger partial charge on any atom is 0.234 e. The number of hydrogen-bond acceptors (Lipinski definition) is 8. The number of carbonyl (C=O) groups excluding carboxylic acids is 1. The fraction of sp³-hybridized carbons (Fsp3) is 0.360. The standard InChI is InChI=1S/C25H29FN8O/c26-24-19-3-1-4-21(24)32-22-13-18(5-8-27-22)20-14-30-25(31-15-20)29-7-2-6-28-23(35)17-34-11-9-33(16-19)10-12-34/h1,3-5,8,13-15H,2,6-7,9-12,16-17H2,(H,27,32)(H,28,35)(H,29,30,31). The lowest BCUT2D eigenvalue weighted by Gasteiger charge is -2.34. The van der Waals surface area contributed by atoms with Crippen LogP contribution in [0.5, 0.6) is 0 Å². The van der Waals surface area contributed by atoms with E-state index in [1.807, 2.05) is 24.3 Å². The Labute approximate surface area is 203 Å². The van der Waals surface area contributed by atoms with Gasteiger partial charge in [0, 0.05) is 75.5 Å². The lowest BCUT2D eigenvalue weighted by molar-refractivity contribution is -0.122. The molecule has 0 atom stereocenters. The fourth-order valence-corrected chi connectivity index (χ4v) is 4.31. The topological polar surface area (TPSA) is 98.3 Å². The number of amides is 1. The van der Waals surface area contributed by atoms with Crippen LogP contribution in [0.15, 0.2) is 48.9 Å². The second kappa shape index (κ2) is 10.7. The van der Waals surface area contributed by atoms with Gasteiger partial charge < -0.3 is 16.0 Å². The minimum atomic E-state index is -0.279. The van der Waals surface area contributed by atoms with Crippen molar-refractivity contribution in [3.05, 3.63) is 60.3 Å². The molecule has 0 saturated carbocycles. The van der Waals surface area contributed by atoms with Gasteiger partial charge in [-0.25, -0.2) is 19.3 Å². The summed E-state index contributed by atoms with van der Waals surface area (Å²) in [6.45, 7) is 5.27. The van der Waals surface area contributed by atoms with Gasteiger partial charge >= 0.3 is 0 Å². The van der Waals surface area contributed by atoms with Crippen LogP contribution in [-0.2, 0) is 11.3 Å². The minimum Gasteiger partial charge on any atom is -0.355 e. The SMILES string of the molecule is O=C1CN2CCN(CC2)Cc2cccc(c2F)Nc2cc(ccn2)-c2cnc(nc2)NCCCN1. The maximum absolute atomic E-state index is 15.4. The Bertz CT molecular complexity index is 1160. The van der Waals surface area contributed by atoms with Gasteiger partial charge in [-0.2, -0.15) is 0 Å². The fourth-order valence-electron chi connectivity index (χ4n) is 4.31. The van der Waals surface area contributed by atoms with E-state index in [1.54, 1.807) is 24.7 Å². The number of pyridine rings is 1. The second-order valence-corrected chi connectivity index (χ2v) is 8.81. The Hall–Kier alpha value is -3.63.